The Balaban J connectivity index is 1.48. The second-order valence-corrected chi connectivity index (χ2v) is 10.2. The number of methoxy groups -OCH3 is 1. The maximum atomic E-state index is 13.4. The Morgan fingerprint density at radius 1 is 1.00 bits per heavy atom. The molecule has 4 rings (SSSR count). The van der Waals surface area contributed by atoms with Crippen LogP contribution in [-0.2, 0) is 22.8 Å². The first-order valence-electron chi connectivity index (χ1n) is 13.1. The first-order valence-corrected chi connectivity index (χ1v) is 13.1. The summed E-state index contributed by atoms with van der Waals surface area (Å²) < 4.78 is 45.5. The van der Waals surface area contributed by atoms with Gasteiger partial charge in [-0.3, -0.25) is 10.1 Å². The van der Waals surface area contributed by atoms with E-state index in [-0.39, 0.29) is 17.9 Å². The van der Waals surface area contributed by atoms with Crippen molar-refractivity contribution in [1.29, 1.82) is 0 Å². The minimum Gasteiger partial charge on any atom is -0.497 e. The van der Waals surface area contributed by atoms with Crippen LogP contribution in [0.5, 0.6) is 5.75 Å². The van der Waals surface area contributed by atoms with E-state index in [4.69, 9.17) is 4.74 Å². The second kappa shape index (κ2) is 11.6. The molecule has 0 radical (unpaired) electrons. The van der Waals surface area contributed by atoms with Crippen LogP contribution in [0.2, 0.25) is 0 Å². The number of hydrogen-bond acceptors (Lipinski definition) is 3. The molecular formula is C31H35F3N2O2. The third kappa shape index (κ3) is 6.21. The Bertz CT molecular complexity index is 1230. The molecule has 1 amide bonds. The van der Waals surface area contributed by atoms with Crippen LogP contribution in [0.15, 0.2) is 72.8 Å². The molecule has 1 heterocycles. The largest absolute Gasteiger partial charge is 0.497 e. The van der Waals surface area contributed by atoms with Gasteiger partial charge in [0.1, 0.15) is 5.75 Å². The highest BCUT2D eigenvalue weighted by Crippen LogP contribution is 2.37. The van der Waals surface area contributed by atoms with Crippen LogP contribution in [0.3, 0.4) is 0 Å². The summed E-state index contributed by atoms with van der Waals surface area (Å²) in [7, 11) is 1.56. The summed E-state index contributed by atoms with van der Waals surface area (Å²) in [5.41, 5.74) is 3.20. The molecule has 3 aromatic carbocycles. The summed E-state index contributed by atoms with van der Waals surface area (Å²) in [6.07, 6.45) is -1.75. The van der Waals surface area contributed by atoms with Gasteiger partial charge in [0.15, 0.2) is 0 Å². The van der Waals surface area contributed by atoms with Gasteiger partial charge in [0, 0.05) is 13.1 Å². The van der Waals surface area contributed by atoms with Crippen molar-refractivity contribution >= 4 is 5.91 Å². The molecule has 0 saturated carbocycles. The molecule has 3 aromatic rings. The average Bonchev–Trinajstić information content (AvgIpc) is 2.93. The van der Waals surface area contributed by atoms with Gasteiger partial charge >= 0.3 is 6.18 Å². The van der Waals surface area contributed by atoms with Crippen molar-refractivity contribution in [3.63, 3.8) is 0 Å². The fourth-order valence-electron chi connectivity index (χ4n) is 5.36. The Morgan fingerprint density at radius 3 is 2.32 bits per heavy atom. The smallest absolute Gasteiger partial charge is 0.416 e. The summed E-state index contributed by atoms with van der Waals surface area (Å²) in [6, 6.07) is 20.3. The van der Waals surface area contributed by atoms with Gasteiger partial charge in [-0.15, -0.1) is 0 Å². The van der Waals surface area contributed by atoms with Gasteiger partial charge in [0.05, 0.1) is 25.3 Å². The molecule has 1 fully saturated rings. The van der Waals surface area contributed by atoms with Crippen LogP contribution in [0, 0.1) is 0 Å². The molecule has 0 aromatic heterocycles. The number of carbonyl (C=O) groups is 1. The summed E-state index contributed by atoms with van der Waals surface area (Å²) in [4.78, 5) is 15.1. The molecule has 1 unspecified atom stereocenters. The van der Waals surface area contributed by atoms with Crippen molar-refractivity contribution in [2.75, 3.05) is 26.7 Å². The molecule has 0 bridgehead atoms. The van der Waals surface area contributed by atoms with Gasteiger partial charge in [-0.1, -0.05) is 62.4 Å². The average molecular weight is 525 g/mol. The number of aryl methyl sites for hydroxylation is 1. The second-order valence-electron chi connectivity index (χ2n) is 10.2. The van der Waals surface area contributed by atoms with Crippen LogP contribution >= 0.6 is 0 Å². The van der Waals surface area contributed by atoms with Crippen molar-refractivity contribution in [1.82, 2.24) is 10.2 Å². The molecule has 1 N–H and O–H groups in total. The minimum absolute atomic E-state index is 0.0144. The van der Waals surface area contributed by atoms with E-state index in [2.05, 4.69) is 43.4 Å². The lowest BCUT2D eigenvalue weighted by molar-refractivity contribution is -0.137. The lowest BCUT2D eigenvalue weighted by Crippen LogP contribution is -2.47. The van der Waals surface area contributed by atoms with Gasteiger partial charge in [-0.05, 0) is 71.2 Å². The van der Waals surface area contributed by atoms with E-state index in [1.165, 1.54) is 17.2 Å². The van der Waals surface area contributed by atoms with E-state index in [1.807, 2.05) is 4.90 Å². The molecular weight excluding hydrogens is 489 g/mol. The van der Waals surface area contributed by atoms with E-state index in [9.17, 15) is 18.0 Å². The number of ether oxygens (including phenoxy) is 1. The van der Waals surface area contributed by atoms with E-state index in [1.54, 1.807) is 37.4 Å². The third-order valence-corrected chi connectivity index (χ3v) is 7.72. The zero-order valence-electron chi connectivity index (χ0n) is 22.1. The number of benzene rings is 3. The third-order valence-electron chi connectivity index (χ3n) is 7.72. The van der Waals surface area contributed by atoms with Crippen molar-refractivity contribution in [2.45, 2.75) is 50.7 Å². The first kappa shape index (κ1) is 27.7. The molecule has 38 heavy (non-hydrogen) atoms. The predicted molar refractivity (Wildman–Crippen MR) is 143 cm³/mol. The maximum Gasteiger partial charge on any atom is 0.416 e. The summed E-state index contributed by atoms with van der Waals surface area (Å²) in [5, 5.41) is 3.24. The Morgan fingerprint density at radius 2 is 1.68 bits per heavy atom. The normalized spacial score (nSPS) is 16.2. The number of nitrogens with one attached hydrogen (secondary N) is 1. The van der Waals surface area contributed by atoms with Gasteiger partial charge in [0.25, 0.3) is 0 Å². The van der Waals surface area contributed by atoms with Gasteiger partial charge in [-0.25, -0.2) is 0 Å². The topological polar surface area (TPSA) is 41.6 Å². The highest BCUT2D eigenvalue weighted by Gasteiger charge is 2.35. The van der Waals surface area contributed by atoms with Crippen LogP contribution in [0.1, 0.15) is 60.5 Å². The predicted octanol–water partition coefficient (Wildman–Crippen LogP) is 6.54. The standard InChI is InChI=1S/C31H35F3N2O2/c1-4-22-8-5-6-11-27(22)30(2)16-18-36(19-17-30)28(37)21-35-29(23-12-14-26(38-3)15-13-23)24-9-7-10-25(20-24)31(32,33)34/h5-15,20,29,35H,4,16-19,21H2,1-3H3. The minimum atomic E-state index is -4.45. The van der Waals surface area contributed by atoms with E-state index in [0.717, 1.165) is 37.0 Å². The van der Waals surface area contributed by atoms with Crippen molar-refractivity contribution in [3.8, 4) is 5.75 Å². The highest BCUT2D eigenvalue weighted by molar-refractivity contribution is 5.78. The number of carbonyl (C=O) groups excluding carboxylic acids is 1. The Hall–Kier alpha value is -3.32. The molecule has 0 spiro atoms. The molecule has 1 atom stereocenters. The number of nitrogens with zero attached hydrogens (tertiary/aromatic N) is 1. The number of halogens is 3. The van der Waals surface area contributed by atoms with Crippen LogP contribution in [0.25, 0.3) is 0 Å². The van der Waals surface area contributed by atoms with Crippen molar-refractivity contribution < 1.29 is 22.7 Å². The van der Waals surface area contributed by atoms with Gasteiger partial charge < -0.3 is 9.64 Å². The van der Waals surface area contributed by atoms with Crippen LogP contribution in [-0.4, -0.2) is 37.6 Å². The zero-order valence-corrected chi connectivity index (χ0v) is 22.1. The van der Waals surface area contributed by atoms with Crippen molar-refractivity contribution in [3.05, 3.63) is 101 Å². The molecule has 1 aliphatic heterocycles. The summed E-state index contributed by atoms with van der Waals surface area (Å²) in [5.74, 6) is 0.593. The van der Waals surface area contributed by atoms with Gasteiger partial charge in [0.2, 0.25) is 5.91 Å². The number of amides is 1. The number of rotatable bonds is 8. The van der Waals surface area contributed by atoms with Crippen molar-refractivity contribution in [2.24, 2.45) is 0 Å². The van der Waals surface area contributed by atoms with Gasteiger partial charge in [-0.2, -0.15) is 13.2 Å². The molecule has 202 valence electrons. The number of likely N-dealkylation sites (tertiary alicyclic amines) is 1. The summed E-state index contributed by atoms with van der Waals surface area (Å²) >= 11 is 0. The maximum absolute atomic E-state index is 13.4. The quantitative estimate of drug-likeness (QED) is 0.364. The number of hydrogen-bond donors (Lipinski definition) is 1. The Labute approximate surface area is 222 Å². The fraction of sp³-hybridized carbons (Fsp3) is 0.387. The van der Waals surface area contributed by atoms with Crippen LogP contribution in [0.4, 0.5) is 13.2 Å². The number of alkyl halides is 3. The molecule has 4 nitrogen and oxygen atoms in total. The summed E-state index contributed by atoms with van der Waals surface area (Å²) in [6.45, 7) is 5.75. The first-order chi connectivity index (χ1) is 18.1. The lowest BCUT2D eigenvalue weighted by atomic mass is 9.72. The van der Waals surface area contributed by atoms with E-state index < -0.39 is 17.8 Å². The SMILES string of the molecule is CCc1ccccc1C1(C)CCN(C(=O)CNC(c2ccc(OC)cc2)c2cccc(C(F)(F)F)c2)CC1. The van der Waals surface area contributed by atoms with E-state index in [0.29, 0.717) is 24.4 Å². The molecule has 1 saturated heterocycles. The monoisotopic (exact) mass is 524 g/mol. The van der Waals surface area contributed by atoms with E-state index >= 15 is 0 Å². The molecule has 7 heteroatoms. The zero-order chi connectivity index (χ0) is 27.3. The number of piperidine rings is 1. The van der Waals surface area contributed by atoms with Crippen LogP contribution < -0.4 is 10.1 Å². The Kier molecular flexibility index (Phi) is 8.46. The lowest BCUT2D eigenvalue weighted by Gasteiger charge is -2.41. The highest BCUT2D eigenvalue weighted by atomic mass is 19.4. The molecule has 1 aliphatic rings. The molecule has 0 aliphatic carbocycles. The fourth-order valence-corrected chi connectivity index (χ4v) is 5.36.